The van der Waals surface area contributed by atoms with Gasteiger partial charge in [0, 0.05) is 5.92 Å². The molecule has 0 spiro atoms. The third kappa shape index (κ3) is 1.99. The Balaban J connectivity index is 2.21. The van der Waals surface area contributed by atoms with Gasteiger partial charge in [0.15, 0.2) is 0 Å². The third-order valence-corrected chi connectivity index (χ3v) is 4.26. The van der Waals surface area contributed by atoms with Gasteiger partial charge in [0.1, 0.15) is 11.9 Å². The van der Waals surface area contributed by atoms with Crippen LogP contribution in [-0.4, -0.2) is 20.6 Å². The number of carbonyl (C=O) groups is 1. The van der Waals surface area contributed by atoms with Gasteiger partial charge in [0.05, 0.1) is 11.0 Å². The van der Waals surface area contributed by atoms with Gasteiger partial charge in [-0.3, -0.25) is 0 Å². The second kappa shape index (κ2) is 4.93. The van der Waals surface area contributed by atoms with Crippen molar-refractivity contribution in [2.24, 2.45) is 5.92 Å². The second-order valence-electron chi connectivity index (χ2n) is 5.98. The van der Waals surface area contributed by atoms with E-state index in [4.69, 9.17) is 4.98 Å². The number of aliphatic carboxylic acids is 1. The molecule has 0 bridgehead atoms. The number of para-hydroxylation sites is 2. The average Bonchev–Trinajstić information content (AvgIpc) is 2.66. The molecule has 1 aromatic carbocycles. The highest BCUT2D eigenvalue weighted by Crippen LogP contribution is 2.39. The first-order valence-electron chi connectivity index (χ1n) is 7.29. The highest BCUT2D eigenvalue weighted by molar-refractivity contribution is 5.80. The second-order valence-corrected chi connectivity index (χ2v) is 5.98. The van der Waals surface area contributed by atoms with Crippen molar-refractivity contribution in [3.05, 3.63) is 30.1 Å². The predicted octanol–water partition coefficient (Wildman–Crippen LogP) is 3.59. The van der Waals surface area contributed by atoms with Crippen LogP contribution < -0.4 is 0 Å². The molecule has 0 saturated heterocycles. The van der Waals surface area contributed by atoms with Crippen molar-refractivity contribution in [1.29, 1.82) is 0 Å². The number of imidazole rings is 1. The zero-order valence-corrected chi connectivity index (χ0v) is 11.9. The lowest BCUT2D eigenvalue weighted by Gasteiger charge is -2.29. The number of hydrogen-bond donors (Lipinski definition) is 1. The summed E-state index contributed by atoms with van der Waals surface area (Å²) >= 11 is 0. The molecule has 4 nitrogen and oxygen atoms in total. The van der Waals surface area contributed by atoms with E-state index in [-0.39, 0.29) is 5.92 Å². The topological polar surface area (TPSA) is 55.1 Å². The van der Waals surface area contributed by atoms with Crippen LogP contribution in [0.1, 0.15) is 50.9 Å². The third-order valence-electron chi connectivity index (χ3n) is 4.26. The Hall–Kier alpha value is -1.84. The van der Waals surface area contributed by atoms with Crippen LogP contribution in [0, 0.1) is 5.92 Å². The fourth-order valence-electron chi connectivity index (χ4n) is 3.00. The maximum Gasteiger partial charge on any atom is 0.327 e. The molecule has 1 aromatic heterocycles. The molecule has 4 heteroatoms. The molecular weight excluding hydrogens is 252 g/mol. The lowest BCUT2D eigenvalue weighted by atomic mass is 9.84. The quantitative estimate of drug-likeness (QED) is 0.925. The van der Waals surface area contributed by atoms with Gasteiger partial charge >= 0.3 is 5.97 Å². The number of carboxylic acids is 1. The van der Waals surface area contributed by atoms with Crippen molar-refractivity contribution in [2.45, 2.75) is 45.1 Å². The van der Waals surface area contributed by atoms with Crippen molar-refractivity contribution in [3.8, 4) is 0 Å². The molecule has 20 heavy (non-hydrogen) atoms. The Kier molecular flexibility index (Phi) is 3.24. The van der Waals surface area contributed by atoms with E-state index in [9.17, 15) is 9.90 Å². The molecule has 1 aliphatic carbocycles. The normalized spacial score (nSPS) is 17.4. The minimum absolute atomic E-state index is 0.0314. The van der Waals surface area contributed by atoms with Crippen LogP contribution in [0.15, 0.2) is 24.3 Å². The molecule has 0 amide bonds. The zero-order valence-electron chi connectivity index (χ0n) is 11.9. The highest BCUT2D eigenvalue weighted by atomic mass is 16.4. The lowest BCUT2D eigenvalue weighted by molar-refractivity contribution is -0.142. The van der Waals surface area contributed by atoms with Gasteiger partial charge < -0.3 is 9.67 Å². The van der Waals surface area contributed by atoms with E-state index >= 15 is 0 Å². The SMILES string of the molecule is CC(C)C(C(=O)O)n1c(C2CCC2)nc2ccccc21. The number of fused-ring (bicyclic) bond motifs is 1. The molecule has 1 fully saturated rings. The van der Waals surface area contributed by atoms with Gasteiger partial charge in [-0.2, -0.15) is 0 Å². The molecule has 2 aromatic rings. The van der Waals surface area contributed by atoms with E-state index in [0.717, 1.165) is 29.7 Å². The summed E-state index contributed by atoms with van der Waals surface area (Å²) in [7, 11) is 0. The van der Waals surface area contributed by atoms with Crippen LogP contribution in [-0.2, 0) is 4.79 Å². The van der Waals surface area contributed by atoms with Crippen molar-refractivity contribution < 1.29 is 9.90 Å². The molecule has 1 N–H and O–H groups in total. The molecule has 3 rings (SSSR count). The van der Waals surface area contributed by atoms with Crippen LogP contribution >= 0.6 is 0 Å². The number of carboxylic acid groups (broad SMARTS) is 1. The summed E-state index contributed by atoms with van der Waals surface area (Å²) in [6.07, 6.45) is 3.45. The summed E-state index contributed by atoms with van der Waals surface area (Å²) in [5.74, 6) is 0.634. The molecular formula is C16H20N2O2. The number of rotatable bonds is 4. The predicted molar refractivity (Wildman–Crippen MR) is 77.8 cm³/mol. The summed E-state index contributed by atoms with van der Waals surface area (Å²) in [6.45, 7) is 3.91. The maximum atomic E-state index is 11.7. The van der Waals surface area contributed by atoms with E-state index in [1.54, 1.807) is 0 Å². The molecule has 1 saturated carbocycles. The number of hydrogen-bond acceptors (Lipinski definition) is 2. The summed E-state index contributed by atoms with van der Waals surface area (Å²) < 4.78 is 1.96. The fraction of sp³-hybridized carbons (Fsp3) is 0.500. The molecule has 1 unspecified atom stereocenters. The van der Waals surface area contributed by atoms with Crippen LogP contribution in [0.4, 0.5) is 0 Å². The van der Waals surface area contributed by atoms with E-state index in [1.807, 2.05) is 42.7 Å². The summed E-state index contributed by atoms with van der Waals surface area (Å²) in [5.41, 5.74) is 1.84. The van der Waals surface area contributed by atoms with Crippen LogP contribution in [0.25, 0.3) is 11.0 Å². The standard InChI is InChI=1S/C16H20N2O2/c1-10(2)14(16(19)20)18-13-9-4-3-8-12(13)17-15(18)11-6-5-7-11/h3-4,8-11,14H,5-7H2,1-2H3,(H,19,20). The van der Waals surface area contributed by atoms with Gasteiger partial charge in [-0.25, -0.2) is 9.78 Å². The first-order valence-corrected chi connectivity index (χ1v) is 7.29. The van der Waals surface area contributed by atoms with Gasteiger partial charge in [0.25, 0.3) is 0 Å². The van der Waals surface area contributed by atoms with Gasteiger partial charge in [-0.05, 0) is 30.9 Å². The maximum absolute atomic E-state index is 11.7. The number of benzene rings is 1. The van der Waals surface area contributed by atoms with Gasteiger partial charge in [-0.15, -0.1) is 0 Å². The molecule has 0 aliphatic heterocycles. The van der Waals surface area contributed by atoms with E-state index < -0.39 is 12.0 Å². The Morgan fingerprint density at radius 1 is 1.35 bits per heavy atom. The summed E-state index contributed by atoms with van der Waals surface area (Å²) in [6, 6.07) is 7.30. The van der Waals surface area contributed by atoms with Crippen LogP contribution in [0.3, 0.4) is 0 Å². The smallest absolute Gasteiger partial charge is 0.327 e. The highest BCUT2D eigenvalue weighted by Gasteiger charge is 2.32. The molecule has 106 valence electrons. The van der Waals surface area contributed by atoms with Crippen LogP contribution in [0.2, 0.25) is 0 Å². The first kappa shape index (κ1) is 13.2. The number of aromatic nitrogens is 2. The summed E-state index contributed by atoms with van der Waals surface area (Å²) in [5, 5.41) is 9.62. The Morgan fingerprint density at radius 3 is 2.60 bits per heavy atom. The lowest BCUT2D eigenvalue weighted by Crippen LogP contribution is -2.28. The average molecular weight is 272 g/mol. The summed E-state index contributed by atoms with van der Waals surface area (Å²) in [4.78, 5) is 16.4. The monoisotopic (exact) mass is 272 g/mol. The van der Waals surface area contributed by atoms with Gasteiger partial charge in [0.2, 0.25) is 0 Å². The Morgan fingerprint density at radius 2 is 2.05 bits per heavy atom. The number of nitrogens with zero attached hydrogens (tertiary/aromatic N) is 2. The van der Waals surface area contributed by atoms with Crippen molar-refractivity contribution in [3.63, 3.8) is 0 Å². The van der Waals surface area contributed by atoms with E-state index in [0.29, 0.717) is 5.92 Å². The van der Waals surface area contributed by atoms with Gasteiger partial charge in [-0.1, -0.05) is 32.4 Å². The Labute approximate surface area is 118 Å². The van der Waals surface area contributed by atoms with Crippen molar-refractivity contribution >= 4 is 17.0 Å². The first-order chi connectivity index (χ1) is 9.59. The minimum atomic E-state index is -0.774. The molecule has 1 aliphatic rings. The molecule has 0 radical (unpaired) electrons. The van der Waals surface area contributed by atoms with Crippen LogP contribution in [0.5, 0.6) is 0 Å². The molecule has 1 atom stereocenters. The Bertz CT molecular complexity index is 641. The molecule has 1 heterocycles. The minimum Gasteiger partial charge on any atom is -0.480 e. The van der Waals surface area contributed by atoms with Crippen molar-refractivity contribution in [1.82, 2.24) is 9.55 Å². The van der Waals surface area contributed by atoms with Crippen molar-refractivity contribution in [2.75, 3.05) is 0 Å². The fourth-order valence-corrected chi connectivity index (χ4v) is 3.00. The van der Waals surface area contributed by atoms with E-state index in [2.05, 4.69) is 0 Å². The zero-order chi connectivity index (χ0) is 14.3. The largest absolute Gasteiger partial charge is 0.480 e. The van der Waals surface area contributed by atoms with E-state index in [1.165, 1.54) is 6.42 Å².